The molecule has 0 spiro atoms. The Morgan fingerprint density at radius 1 is 1.29 bits per heavy atom. The highest BCUT2D eigenvalue weighted by atomic mass is 16.6. The Balaban J connectivity index is 2.11. The Morgan fingerprint density at radius 2 is 1.94 bits per heavy atom. The lowest BCUT2D eigenvalue weighted by molar-refractivity contribution is 0.105. The van der Waals surface area contributed by atoms with Crippen LogP contribution in [0.4, 0.5) is 11.4 Å². The van der Waals surface area contributed by atoms with Gasteiger partial charge in [-0.1, -0.05) is 0 Å². The second-order valence-corrected chi connectivity index (χ2v) is 3.80. The average molecular weight is 240 g/mol. The van der Waals surface area contributed by atoms with E-state index in [1.54, 1.807) is 12.1 Å². The third-order valence-electron chi connectivity index (χ3n) is 2.45. The van der Waals surface area contributed by atoms with E-state index in [1.165, 1.54) is 0 Å². The summed E-state index contributed by atoms with van der Waals surface area (Å²) in [5, 5.41) is 20.9. The first kappa shape index (κ1) is 11.8. The molecule has 0 fully saturated rings. The minimum Gasteiger partial charge on any atom is -0.486 e. The molecular formula is C11H16N2O4. The maximum Gasteiger partial charge on any atom is 0.163 e. The summed E-state index contributed by atoms with van der Waals surface area (Å²) in [6, 6.07) is 3.41. The minimum atomic E-state index is -0.817. The molecule has 1 aromatic carbocycles. The van der Waals surface area contributed by atoms with Crippen LogP contribution in [0.1, 0.15) is 0 Å². The van der Waals surface area contributed by atoms with Crippen molar-refractivity contribution in [3.8, 4) is 11.5 Å². The number of fused-ring (bicyclic) bond motifs is 1. The maximum absolute atomic E-state index is 9.24. The molecule has 0 bridgehead atoms. The second kappa shape index (κ2) is 5.11. The van der Waals surface area contributed by atoms with E-state index in [2.05, 4.69) is 5.32 Å². The van der Waals surface area contributed by atoms with Crippen molar-refractivity contribution in [2.24, 2.45) is 0 Å². The van der Waals surface area contributed by atoms with Gasteiger partial charge in [-0.05, 0) is 0 Å². The summed E-state index contributed by atoms with van der Waals surface area (Å²) < 4.78 is 10.8. The van der Waals surface area contributed by atoms with Crippen LogP contribution in [0.15, 0.2) is 12.1 Å². The molecule has 0 saturated carbocycles. The van der Waals surface area contributed by atoms with Gasteiger partial charge in [-0.3, -0.25) is 0 Å². The van der Waals surface area contributed by atoms with Crippen molar-refractivity contribution < 1.29 is 19.7 Å². The summed E-state index contributed by atoms with van der Waals surface area (Å²) in [4.78, 5) is 0. The number of nitrogens with one attached hydrogen (secondary N) is 1. The van der Waals surface area contributed by atoms with Crippen molar-refractivity contribution in [1.29, 1.82) is 0 Å². The van der Waals surface area contributed by atoms with E-state index in [9.17, 15) is 5.11 Å². The molecule has 1 aliphatic rings. The highest BCUT2D eigenvalue weighted by Crippen LogP contribution is 2.36. The van der Waals surface area contributed by atoms with E-state index >= 15 is 0 Å². The van der Waals surface area contributed by atoms with E-state index in [-0.39, 0.29) is 13.2 Å². The fraction of sp³-hybridized carbons (Fsp3) is 0.455. The molecule has 6 nitrogen and oxygen atoms in total. The first-order valence-corrected chi connectivity index (χ1v) is 5.42. The molecule has 0 amide bonds. The van der Waals surface area contributed by atoms with Crippen LogP contribution in [0.25, 0.3) is 0 Å². The number of hydrogen-bond acceptors (Lipinski definition) is 6. The van der Waals surface area contributed by atoms with Gasteiger partial charge in [-0.2, -0.15) is 0 Å². The topological polar surface area (TPSA) is 97.0 Å². The molecule has 5 N–H and O–H groups in total. The predicted octanol–water partition coefficient (Wildman–Crippen LogP) is -0.195. The Hall–Kier alpha value is -1.66. The van der Waals surface area contributed by atoms with Crippen molar-refractivity contribution in [2.75, 3.05) is 37.4 Å². The smallest absolute Gasteiger partial charge is 0.163 e. The van der Waals surface area contributed by atoms with Crippen LogP contribution >= 0.6 is 0 Å². The molecule has 1 unspecified atom stereocenters. The third kappa shape index (κ3) is 2.72. The number of aliphatic hydroxyl groups excluding tert-OH is 2. The van der Waals surface area contributed by atoms with Gasteiger partial charge < -0.3 is 30.7 Å². The Labute approximate surface area is 99.0 Å². The highest BCUT2D eigenvalue weighted by Gasteiger charge is 2.14. The molecule has 1 aliphatic heterocycles. The van der Waals surface area contributed by atoms with Crippen molar-refractivity contribution in [1.82, 2.24) is 0 Å². The van der Waals surface area contributed by atoms with Crippen LogP contribution in [-0.4, -0.2) is 42.7 Å². The van der Waals surface area contributed by atoms with Gasteiger partial charge in [-0.25, -0.2) is 0 Å². The van der Waals surface area contributed by atoms with Crippen molar-refractivity contribution >= 4 is 11.4 Å². The third-order valence-corrected chi connectivity index (χ3v) is 2.45. The van der Waals surface area contributed by atoms with Crippen LogP contribution < -0.4 is 20.5 Å². The van der Waals surface area contributed by atoms with Gasteiger partial charge in [0.05, 0.1) is 24.1 Å². The minimum absolute atomic E-state index is 0.223. The highest BCUT2D eigenvalue weighted by molar-refractivity contribution is 5.72. The lowest BCUT2D eigenvalue weighted by atomic mass is 10.2. The SMILES string of the molecule is Nc1cc2c(cc1NCC(O)CO)OCCO2. The molecule has 6 heteroatoms. The van der Waals surface area contributed by atoms with E-state index < -0.39 is 6.10 Å². The van der Waals surface area contributed by atoms with E-state index in [1.807, 2.05) is 0 Å². The maximum atomic E-state index is 9.24. The molecule has 0 saturated heterocycles. The van der Waals surface area contributed by atoms with Crippen molar-refractivity contribution in [3.05, 3.63) is 12.1 Å². The molecule has 1 atom stereocenters. The normalized spacial score (nSPS) is 15.4. The van der Waals surface area contributed by atoms with Gasteiger partial charge in [0.25, 0.3) is 0 Å². The number of nitrogen functional groups attached to an aromatic ring is 1. The van der Waals surface area contributed by atoms with E-state index in [0.29, 0.717) is 36.1 Å². The average Bonchev–Trinajstić information content (AvgIpc) is 2.35. The summed E-state index contributed by atoms with van der Waals surface area (Å²) in [5.41, 5.74) is 7.00. The lowest BCUT2D eigenvalue weighted by Gasteiger charge is -2.21. The summed E-state index contributed by atoms with van der Waals surface area (Å²) in [6.45, 7) is 0.954. The molecule has 2 rings (SSSR count). The molecule has 1 aromatic rings. The standard InChI is InChI=1S/C11H16N2O4/c12-8-3-10-11(17-2-1-16-10)4-9(8)13-5-7(15)6-14/h3-4,7,13-15H,1-2,5-6,12H2. The summed E-state index contributed by atoms with van der Waals surface area (Å²) in [6.07, 6.45) is -0.817. The number of ether oxygens (including phenoxy) is 2. The zero-order valence-corrected chi connectivity index (χ0v) is 9.35. The lowest BCUT2D eigenvalue weighted by Crippen LogP contribution is -2.23. The summed E-state index contributed by atoms with van der Waals surface area (Å²) >= 11 is 0. The van der Waals surface area contributed by atoms with E-state index in [4.69, 9.17) is 20.3 Å². The van der Waals surface area contributed by atoms with Gasteiger partial charge in [-0.15, -0.1) is 0 Å². The van der Waals surface area contributed by atoms with Crippen molar-refractivity contribution in [3.63, 3.8) is 0 Å². The summed E-state index contributed by atoms with van der Waals surface area (Å²) in [5.74, 6) is 1.26. The van der Waals surface area contributed by atoms with E-state index in [0.717, 1.165) is 0 Å². The molecule has 17 heavy (non-hydrogen) atoms. The van der Waals surface area contributed by atoms with Crippen LogP contribution in [-0.2, 0) is 0 Å². The quantitative estimate of drug-likeness (QED) is 0.544. The zero-order chi connectivity index (χ0) is 12.3. The Kier molecular flexibility index (Phi) is 3.55. The molecule has 0 aliphatic carbocycles. The predicted molar refractivity (Wildman–Crippen MR) is 63.4 cm³/mol. The fourth-order valence-electron chi connectivity index (χ4n) is 1.55. The molecule has 1 heterocycles. The first-order valence-electron chi connectivity index (χ1n) is 5.42. The number of anilines is 2. The molecule has 0 radical (unpaired) electrons. The molecular weight excluding hydrogens is 224 g/mol. The summed E-state index contributed by atoms with van der Waals surface area (Å²) in [7, 11) is 0. The van der Waals surface area contributed by atoms with Gasteiger partial charge in [0.1, 0.15) is 13.2 Å². The Bertz CT molecular complexity index is 397. The number of hydrogen-bond donors (Lipinski definition) is 4. The van der Waals surface area contributed by atoms with Crippen LogP contribution in [0.3, 0.4) is 0 Å². The van der Waals surface area contributed by atoms with Gasteiger partial charge in [0, 0.05) is 18.7 Å². The van der Waals surface area contributed by atoms with Crippen LogP contribution in [0.5, 0.6) is 11.5 Å². The number of benzene rings is 1. The number of rotatable bonds is 4. The molecule has 0 aromatic heterocycles. The van der Waals surface area contributed by atoms with Crippen molar-refractivity contribution in [2.45, 2.75) is 6.10 Å². The largest absolute Gasteiger partial charge is 0.486 e. The van der Waals surface area contributed by atoms with Gasteiger partial charge in [0.15, 0.2) is 11.5 Å². The Morgan fingerprint density at radius 3 is 2.59 bits per heavy atom. The fourth-order valence-corrected chi connectivity index (χ4v) is 1.55. The second-order valence-electron chi connectivity index (χ2n) is 3.80. The zero-order valence-electron chi connectivity index (χ0n) is 9.35. The van der Waals surface area contributed by atoms with Crippen LogP contribution in [0, 0.1) is 0 Å². The van der Waals surface area contributed by atoms with Gasteiger partial charge in [0.2, 0.25) is 0 Å². The number of nitrogens with two attached hydrogens (primary N) is 1. The number of aliphatic hydroxyl groups is 2. The van der Waals surface area contributed by atoms with Crippen LogP contribution in [0.2, 0.25) is 0 Å². The molecule has 94 valence electrons. The first-order chi connectivity index (χ1) is 8.20. The van der Waals surface area contributed by atoms with Gasteiger partial charge >= 0.3 is 0 Å². The monoisotopic (exact) mass is 240 g/mol.